The first-order chi connectivity index (χ1) is 7.74. The minimum atomic E-state index is 0.416. The second-order valence-corrected chi connectivity index (χ2v) is 4.68. The summed E-state index contributed by atoms with van der Waals surface area (Å²) >= 11 is 13.2. The fourth-order valence-corrected chi connectivity index (χ4v) is 2.58. The maximum Gasteiger partial charge on any atom is 0.129 e. The molecule has 0 N–H and O–H groups in total. The van der Waals surface area contributed by atoms with Crippen molar-refractivity contribution in [2.24, 2.45) is 0 Å². The third-order valence-electron chi connectivity index (χ3n) is 2.08. The number of hydrogen-bond acceptors (Lipinski definition) is 3. The smallest absolute Gasteiger partial charge is 0.129 e. The van der Waals surface area contributed by atoms with Gasteiger partial charge in [-0.05, 0) is 18.2 Å². The van der Waals surface area contributed by atoms with Gasteiger partial charge in [-0.25, -0.2) is 4.98 Å². The van der Waals surface area contributed by atoms with Crippen molar-refractivity contribution in [3.8, 4) is 16.3 Å². The van der Waals surface area contributed by atoms with Crippen molar-refractivity contribution in [3.05, 3.63) is 34.3 Å². The fourth-order valence-electron chi connectivity index (χ4n) is 1.34. The molecule has 16 heavy (non-hydrogen) atoms. The lowest BCUT2D eigenvalue weighted by atomic mass is 10.2. The minimum Gasteiger partial charge on any atom is -0.496 e. The third-order valence-corrected chi connectivity index (χ3v) is 3.51. The second kappa shape index (κ2) is 5.04. The van der Waals surface area contributed by atoms with E-state index < -0.39 is 0 Å². The van der Waals surface area contributed by atoms with Gasteiger partial charge in [-0.3, -0.25) is 0 Å². The Labute approximate surface area is 108 Å². The van der Waals surface area contributed by atoms with Gasteiger partial charge in [-0.15, -0.1) is 22.9 Å². The first-order valence-corrected chi connectivity index (χ1v) is 6.38. The Hall–Kier alpha value is -0.770. The van der Waals surface area contributed by atoms with Crippen LogP contribution in [0.1, 0.15) is 5.69 Å². The van der Waals surface area contributed by atoms with Crippen molar-refractivity contribution in [2.75, 3.05) is 7.11 Å². The van der Waals surface area contributed by atoms with Gasteiger partial charge in [0.1, 0.15) is 10.8 Å². The van der Waals surface area contributed by atoms with Crippen LogP contribution >= 0.6 is 34.5 Å². The number of hydrogen-bond donors (Lipinski definition) is 0. The Morgan fingerprint density at radius 3 is 2.88 bits per heavy atom. The van der Waals surface area contributed by atoms with Gasteiger partial charge in [0.15, 0.2) is 0 Å². The van der Waals surface area contributed by atoms with Gasteiger partial charge >= 0.3 is 0 Å². The molecule has 0 aliphatic rings. The van der Waals surface area contributed by atoms with Crippen LogP contribution in [0, 0.1) is 0 Å². The fraction of sp³-hybridized carbons (Fsp3) is 0.182. The molecule has 0 saturated carbocycles. The largest absolute Gasteiger partial charge is 0.496 e. The minimum absolute atomic E-state index is 0.416. The molecule has 1 aromatic carbocycles. The third kappa shape index (κ3) is 2.32. The highest BCUT2D eigenvalue weighted by molar-refractivity contribution is 7.13. The lowest BCUT2D eigenvalue weighted by Gasteiger charge is -2.05. The quantitative estimate of drug-likeness (QED) is 0.782. The van der Waals surface area contributed by atoms with E-state index in [0.717, 1.165) is 22.0 Å². The number of alkyl halides is 1. The Bertz CT molecular complexity index is 498. The van der Waals surface area contributed by atoms with Crippen molar-refractivity contribution >= 4 is 34.5 Å². The summed E-state index contributed by atoms with van der Waals surface area (Å²) in [5, 5.41) is 3.47. The van der Waals surface area contributed by atoms with Crippen LogP contribution in [-0.2, 0) is 5.88 Å². The van der Waals surface area contributed by atoms with Gasteiger partial charge in [0.2, 0.25) is 0 Å². The van der Waals surface area contributed by atoms with Crippen molar-refractivity contribution in [1.29, 1.82) is 0 Å². The summed E-state index contributed by atoms with van der Waals surface area (Å²) in [6.45, 7) is 0. The molecule has 2 aromatic rings. The molecular weight excluding hydrogens is 265 g/mol. The molecule has 1 heterocycles. The average molecular weight is 274 g/mol. The lowest BCUT2D eigenvalue weighted by molar-refractivity contribution is 0.416. The van der Waals surface area contributed by atoms with Crippen LogP contribution < -0.4 is 4.74 Å². The zero-order valence-corrected chi connectivity index (χ0v) is 10.9. The molecule has 0 fully saturated rings. The summed E-state index contributed by atoms with van der Waals surface area (Å²) < 4.78 is 5.27. The van der Waals surface area contributed by atoms with Crippen LogP contribution in [0.25, 0.3) is 10.6 Å². The average Bonchev–Trinajstić information content (AvgIpc) is 2.77. The molecule has 0 amide bonds. The van der Waals surface area contributed by atoms with Gasteiger partial charge in [-0.1, -0.05) is 11.6 Å². The molecule has 0 bridgehead atoms. The Balaban J connectivity index is 2.49. The number of methoxy groups -OCH3 is 1. The van der Waals surface area contributed by atoms with E-state index in [2.05, 4.69) is 4.98 Å². The molecule has 0 aliphatic heterocycles. The zero-order chi connectivity index (χ0) is 11.5. The summed E-state index contributed by atoms with van der Waals surface area (Å²) in [4.78, 5) is 4.40. The maximum absolute atomic E-state index is 5.96. The summed E-state index contributed by atoms with van der Waals surface area (Å²) in [6.07, 6.45) is 0. The van der Waals surface area contributed by atoms with Gasteiger partial charge in [0.25, 0.3) is 0 Å². The maximum atomic E-state index is 5.96. The van der Waals surface area contributed by atoms with Crippen LogP contribution in [0.15, 0.2) is 23.6 Å². The van der Waals surface area contributed by atoms with Crippen molar-refractivity contribution < 1.29 is 4.74 Å². The molecular formula is C11H9Cl2NOS. The molecule has 0 spiro atoms. The number of aromatic nitrogens is 1. The van der Waals surface area contributed by atoms with E-state index in [0.29, 0.717) is 10.9 Å². The van der Waals surface area contributed by atoms with Crippen molar-refractivity contribution in [2.45, 2.75) is 5.88 Å². The van der Waals surface area contributed by atoms with Crippen LogP contribution in [0.4, 0.5) is 0 Å². The van der Waals surface area contributed by atoms with Crippen LogP contribution in [0.2, 0.25) is 5.02 Å². The van der Waals surface area contributed by atoms with E-state index in [-0.39, 0.29) is 0 Å². The molecule has 2 nitrogen and oxygen atoms in total. The number of benzene rings is 1. The normalized spacial score (nSPS) is 10.4. The monoisotopic (exact) mass is 273 g/mol. The zero-order valence-electron chi connectivity index (χ0n) is 8.54. The van der Waals surface area contributed by atoms with Gasteiger partial charge < -0.3 is 4.74 Å². The molecule has 0 unspecified atom stereocenters. The second-order valence-electron chi connectivity index (χ2n) is 3.12. The molecule has 0 aliphatic carbocycles. The lowest BCUT2D eigenvalue weighted by Crippen LogP contribution is -1.87. The van der Waals surface area contributed by atoms with Crippen LogP contribution in [-0.4, -0.2) is 12.1 Å². The molecule has 1 aromatic heterocycles. The number of nitrogens with zero attached hydrogens (tertiary/aromatic N) is 1. The number of ether oxygens (including phenoxy) is 1. The summed E-state index contributed by atoms with van der Waals surface area (Å²) in [7, 11) is 1.63. The topological polar surface area (TPSA) is 22.1 Å². The first-order valence-electron chi connectivity index (χ1n) is 4.59. The van der Waals surface area contributed by atoms with E-state index >= 15 is 0 Å². The number of rotatable bonds is 3. The Morgan fingerprint density at radius 2 is 2.25 bits per heavy atom. The van der Waals surface area contributed by atoms with E-state index in [4.69, 9.17) is 27.9 Å². The van der Waals surface area contributed by atoms with E-state index in [9.17, 15) is 0 Å². The highest BCUT2D eigenvalue weighted by atomic mass is 35.5. The Kier molecular flexibility index (Phi) is 3.69. The SMILES string of the molecule is COc1ccc(Cl)cc1-c1nc(CCl)cs1. The van der Waals surface area contributed by atoms with Crippen molar-refractivity contribution in [3.63, 3.8) is 0 Å². The highest BCUT2D eigenvalue weighted by Crippen LogP contribution is 2.34. The first kappa shape index (κ1) is 11.7. The number of halogens is 2. The highest BCUT2D eigenvalue weighted by Gasteiger charge is 2.10. The summed E-state index contributed by atoms with van der Waals surface area (Å²) in [6, 6.07) is 5.47. The van der Waals surface area contributed by atoms with Crippen LogP contribution in [0.3, 0.4) is 0 Å². The van der Waals surface area contributed by atoms with Crippen molar-refractivity contribution in [1.82, 2.24) is 4.98 Å². The van der Waals surface area contributed by atoms with Gasteiger partial charge in [-0.2, -0.15) is 0 Å². The molecule has 5 heteroatoms. The molecule has 0 atom stereocenters. The standard InChI is InChI=1S/C11H9Cl2NOS/c1-15-10-3-2-7(13)4-9(10)11-14-8(5-12)6-16-11/h2-4,6H,5H2,1H3. The predicted octanol–water partition coefficient (Wildman–Crippen LogP) is 4.21. The molecule has 2 rings (SSSR count). The Morgan fingerprint density at radius 1 is 1.44 bits per heavy atom. The van der Waals surface area contributed by atoms with E-state index in [1.54, 1.807) is 13.2 Å². The molecule has 0 saturated heterocycles. The van der Waals surface area contributed by atoms with E-state index in [1.807, 2.05) is 17.5 Å². The summed E-state index contributed by atoms with van der Waals surface area (Å²) in [5.74, 6) is 1.18. The number of thiazole rings is 1. The van der Waals surface area contributed by atoms with Gasteiger partial charge in [0, 0.05) is 10.4 Å². The predicted molar refractivity (Wildman–Crippen MR) is 68.7 cm³/mol. The molecule has 84 valence electrons. The van der Waals surface area contributed by atoms with Gasteiger partial charge in [0.05, 0.1) is 24.2 Å². The molecule has 0 radical (unpaired) electrons. The van der Waals surface area contributed by atoms with E-state index in [1.165, 1.54) is 11.3 Å². The summed E-state index contributed by atoms with van der Waals surface area (Å²) in [5.41, 5.74) is 1.76. The van der Waals surface area contributed by atoms with Crippen LogP contribution in [0.5, 0.6) is 5.75 Å².